The molecule has 0 spiro atoms. The average molecular weight is 322 g/mol. The van der Waals surface area contributed by atoms with E-state index in [4.69, 9.17) is 5.26 Å². The first kappa shape index (κ1) is 13.2. The van der Waals surface area contributed by atoms with Crippen LogP contribution in [0.3, 0.4) is 0 Å². The van der Waals surface area contributed by atoms with Crippen molar-refractivity contribution in [1.29, 1.82) is 5.26 Å². The average Bonchev–Trinajstić information content (AvgIpc) is 2.61. The minimum atomic E-state index is -0.736. The van der Waals surface area contributed by atoms with Gasteiger partial charge in [-0.3, -0.25) is 19.3 Å². The number of Topliss-reactive ketones (excluding diaryl/α,β-unsaturated/α-hetero) is 1. The van der Waals surface area contributed by atoms with Gasteiger partial charge >= 0.3 is 0 Å². The number of hydrogen-bond acceptors (Lipinski definition) is 4. The lowest BCUT2D eigenvalue weighted by atomic mass is 10.1. The SMILES string of the molecule is N#CCNC(=O)CN1C(=O)C(=O)c2ccc(Br)cc21. The highest BCUT2D eigenvalue weighted by molar-refractivity contribution is 9.10. The summed E-state index contributed by atoms with van der Waals surface area (Å²) in [5.74, 6) is -1.86. The first-order valence-corrected chi connectivity index (χ1v) is 6.13. The summed E-state index contributed by atoms with van der Waals surface area (Å²) in [7, 11) is 0. The molecule has 2 amide bonds. The van der Waals surface area contributed by atoms with Crippen LogP contribution in [0.1, 0.15) is 10.4 Å². The Labute approximate surface area is 117 Å². The minimum Gasteiger partial charge on any atom is -0.341 e. The molecule has 19 heavy (non-hydrogen) atoms. The van der Waals surface area contributed by atoms with E-state index < -0.39 is 17.6 Å². The Bertz CT molecular complexity index is 621. The Morgan fingerprint density at radius 3 is 2.84 bits per heavy atom. The van der Waals surface area contributed by atoms with Gasteiger partial charge in [0.15, 0.2) is 0 Å². The zero-order valence-corrected chi connectivity index (χ0v) is 11.2. The number of hydrogen-bond donors (Lipinski definition) is 1. The van der Waals surface area contributed by atoms with E-state index in [1.165, 1.54) is 6.07 Å². The van der Waals surface area contributed by atoms with Gasteiger partial charge < -0.3 is 5.32 Å². The van der Waals surface area contributed by atoms with E-state index in [9.17, 15) is 14.4 Å². The molecule has 1 N–H and O–H groups in total. The van der Waals surface area contributed by atoms with Crippen LogP contribution >= 0.6 is 15.9 Å². The molecule has 0 fully saturated rings. The number of fused-ring (bicyclic) bond motifs is 1. The molecule has 1 aromatic carbocycles. The molecule has 0 aliphatic carbocycles. The summed E-state index contributed by atoms with van der Waals surface area (Å²) < 4.78 is 0.705. The number of nitrogens with one attached hydrogen (secondary N) is 1. The normalized spacial score (nSPS) is 13.2. The van der Waals surface area contributed by atoms with E-state index in [0.717, 1.165) is 4.90 Å². The third-order valence-electron chi connectivity index (χ3n) is 2.60. The van der Waals surface area contributed by atoms with Gasteiger partial charge in [0, 0.05) is 4.47 Å². The minimum absolute atomic E-state index is 0.139. The highest BCUT2D eigenvalue weighted by Crippen LogP contribution is 2.31. The highest BCUT2D eigenvalue weighted by atomic mass is 79.9. The van der Waals surface area contributed by atoms with Crippen LogP contribution in [-0.4, -0.2) is 30.7 Å². The lowest BCUT2D eigenvalue weighted by molar-refractivity contribution is -0.121. The van der Waals surface area contributed by atoms with Crippen molar-refractivity contribution in [3.05, 3.63) is 28.2 Å². The number of carbonyl (C=O) groups is 3. The molecule has 7 heteroatoms. The third kappa shape index (κ3) is 2.48. The van der Waals surface area contributed by atoms with Crippen molar-refractivity contribution in [2.75, 3.05) is 18.0 Å². The monoisotopic (exact) mass is 321 g/mol. The van der Waals surface area contributed by atoms with Crippen LogP contribution in [0, 0.1) is 11.3 Å². The van der Waals surface area contributed by atoms with Crippen molar-refractivity contribution in [2.45, 2.75) is 0 Å². The van der Waals surface area contributed by atoms with Gasteiger partial charge in [-0.2, -0.15) is 5.26 Å². The van der Waals surface area contributed by atoms with Gasteiger partial charge in [-0.1, -0.05) is 15.9 Å². The van der Waals surface area contributed by atoms with Gasteiger partial charge in [-0.05, 0) is 18.2 Å². The first-order chi connectivity index (χ1) is 9.04. The maximum absolute atomic E-state index is 11.8. The van der Waals surface area contributed by atoms with Gasteiger partial charge in [0.05, 0.1) is 17.3 Å². The van der Waals surface area contributed by atoms with Crippen LogP contribution in [-0.2, 0) is 9.59 Å². The van der Waals surface area contributed by atoms with E-state index in [1.807, 2.05) is 0 Å². The van der Waals surface area contributed by atoms with Gasteiger partial charge in [0.25, 0.3) is 11.7 Å². The van der Waals surface area contributed by atoms with Crippen molar-refractivity contribution in [3.8, 4) is 6.07 Å². The predicted octanol–water partition coefficient (Wildman–Crippen LogP) is 0.618. The molecular formula is C12H8BrN3O3. The second-order valence-electron chi connectivity index (χ2n) is 3.82. The van der Waals surface area contributed by atoms with Gasteiger partial charge in [0.1, 0.15) is 13.1 Å². The molecule has 1 aliphatic heterocycles. The van der Waals surface area contributed by atoms with Crippen LogP contribution in [0.4, 0.5) is 5.69 Å². The Balaban J connectivity index is 2.26. The van der Waals surface area contributed by atoms with E-state index >= 15 is 0 Å². The smallest absolute Gasteiger partial charge is 0.299 e. The molecule has 0 aromatic heterocycles. The number of anilines is 1. The second-order valence-corrected chi connectivity index (χ2v) is 4.73. The molecule has 0 atom stereocenters. The topological polar surface area (TPSA) is 90.3 Å². The molecule has 6 nitrogen and oxygen atoms in total. The maximum atomic E-state index is 11.8. The zero-order chi connectivity index (χ0) is 14.0. The Kier molecular flexibility index (Phi) is 3.62. The fourth-order valence-corrected chi connectivity index (χ4v) is 2.11. The van der Waals surface area contributed by atoms with E-state index in [-0.39, 0.29) is 18.7 Å². The molecular weight excluding hydrogens is 314 g/mol. The molecule has 0 radical (unpaired) electrons. The largest absolute Gasteiger partial charge is 0.341 e. The number of nitriles is 1. The molecule has 0 bridgehead atoms. The summed E-state index contributed by atoms with van der Waals surface area (Å²) in [5.41, 5.74) is 0.678. The summed E-state index contributed by atoms with van der Waals surface area (Å²) in [5, 5.41) is 10.7. The molecule has 0 saturated carbocycles. The van der Waals surface area contributed by atoms with Crippen LogP contribution < -0.4 is 10.2 Å². The second kappa shape index (κ2) is 5.20. The van der Waals surface area contributed by atoms with Crippen LogP contribution in [0.2, 0.25) is 0 Å². The number of amides is 2. The highest BCUT2D eigenvalue weighted by Gasteiger charge is 2.36. The standard InChI is InChI=1S/C12H8BrN3O3/c13-7-1-2-8-9(5-7)16(12(19)11(8)18)6-10(17)15-4-3-14/h1-2,5H,4,6H2,(H,15,17). The fraction of sp³-hybridized carbons (Fsp3) is 0.167. The van der Waals surface area contributed by atoms with Crippen molar-refractivity contribution >= 4 is 39.2 Å². The number of ketones is 1. The van der Waals surface area contributed by atoms with Crippen LogP contribution in [0.5, 0.6) is 0 Å². The molecule has 1 heterocycles. The number of halogens is 1. The molecule has 0 saturated heterocycles. The van der Waals surface area contributed by atoms with E-state index in [1.54, 1.807) is 18.2 Å². The maximum Gasteiger partial charge on any atom is 0.299 e. The zero-order valence-electron chi connectivity index (χ0n) is 9.64. The van der Waals surface area contributed by atoms with Gasteiger partial charge in [-0.15, -0.1) is 0 Å². The number of benzene rings is 1. The van der Waals surface area contributed by atoms with E-state index in [0.29, 0.717) is 10.2 Å². The Morgan fingerprint density at radius 1 is 1.42 bits per heavy atom. The third-order valence-corrected chi connectivity index (χ3v) is 3.09. The first-order valence-electron chi connectivity index (χ1n) is 5.34. The van der Waals surface area contributed by atoms with Crippen molar-refractivity contribution in [2.24, 2.45) is 0 Å². The van der Waals surface area contributed by atoms with Crippen LogP contribution in [0.25, 0.3) is 0 Å². The lowest BCUT2D eigenvalue weighted by Crippen LogP contribution is -2.40. The number of carbonyl (C=O) groups excluding carboxylic acids is 3. The summed E-state index contributed by atoms with van der Waals surface area (Å²) in [6.45, 7) is -0.421. The number of nitrogens with zero attached hydrogens (tertiary/aromatic N) is 2. The number of rotatable bonds is 3. The lowest BCUT2D eigenvalue weighted by Gasteiger charge is -2.15. The van der Waals surface area contributed by atoms with Crippen molar-refractivity contribution < 1.29 is 14.4 Å². The van der Waals surface area contributed by atoms with Gasteiger partial charge in [-0.25, -0.2) is 0 Å². The molecule has 96 valence electrons. The van der Waals surface area contributed by atoms with E-state index in [2.05, 4.69) is 21.2 Å². The van der Waals surface area contributed by atoms with Gasteiger partial charge in [0.2, 0.25) is 5.91 Å². The Hall–Kier alpha value is -2.20. The molecule has 2 rings (SSSR count). The Morgan fingerprint density at radius 2 is 2.16 bits per heavy atom. The predicted molar refractivity (Wildman–Crippen MR) is 69.4 cm³/mol. The summed E-state index contributed by atoms with van der Waals surface area (Å²) in [6, 6.07) is 6.56. The molecule has 1 aliphatic rings. The molecule has 1 aromatic rings. The quantitative estimate of drug-likeness (QED) is 0.652. The molecule has 0 unspecified atom stereocenters. The van der Waals surface area contributed by atoms with Crippen LogP contribution in [0.15, 0.2) is 22.7 Å². The van der Waals surface area contributed by atoms with Crippen molar-refractivity contribution in [3.63, 3.8) is 0 Å². The fourth-order valence-electron chi connectivity index (χ4n) is 1.76. The summed E-state index contributed by atoms with van der Waals surface area (Å²) in [4.78, 5) is 36.2. The van der Waals surface area contributed by atoms with Crippen molar-refractivity contribution in [1.82, 2.24) is 5.32 Å². The summed E-state index contributed by atoms with van der Waals surface area (Å²) in [6.07, 6.45) is 0. The summed E-state index contributed by atoms with van der Waals surface area (Å²) >= 11 is 3.25.